The minimum atomic E-state index is 0.602. The van der Waals surface area contributed by atoms with Gasteiger partial charge in [0.05, 0.1) is 34.1 Å². The van der Waals surface area contributed by atoms with E-state index in [1.165, 1.54) is 0 Å². The Morgan fingerprint density at radius 3 is 2.87 bits per heavy atom. The van der Waals surface area contributed by atoms with Gasteiger partial charge >= 0.3 is 0 Å². The summed E-state index contributed by atoms with van der Waals surface area (Å²) < 4.78 is 5.82. The van der Waals surface area contributed by atoms with E-state index >= 15 is 0 Å². The molecule has 150 valence electrons. The third-order valence-corrected chi connectivity index (χ3v) is 4.87. The Bertz CT molecular complexity index is 1290. The molecular weight excluding hydrogens is 378 g/mol. The zero-order valence-corrected chi connectivity index (χ0v) is 16.8. The van der Waals surface area contributed by atoms with Crippen LogP contribution in [0.1, 0.15) is 0 Å². The third-order valence-electron chi connectivity index (χ3n) is 4.87. The molecule has 0 aromatic carbocycles. The Hall–Kier alpha value is -3.78. The Labute approximate surface area is 173 Å². The van der Waals surface area contributed by atoms with Crippen LogP contribution in [-0.2, 0) is 0 Å². The van der Waals surface area contributed by atoms with Crippen LogP contribution in [0.3, 0.4) is 0 Å². The standard InChI is InChI=1S/C22H21N7O/c1-29(2)8-9-30-15-10-14(12-23-13-15)16-5-6-18-21(26-16)22(28-27-18)20-11-19-17(25-20)4-3-7-24-19/h3-7,10-13,25H,8-9H2,1-2H3,(H,27,28). The van der Waals surface area contributed by atoms with Crippen molar-refractivity contribution in [1.29, 1.82) is 0 Å². The lowest BCUT2D eigenvalue weighted by atomic mass is 10.1. The van der Waals surface area contributed by atoms with Crippen LogP contribution in [0.4, 0.5) is 0 Å². The topological polar surface area (TPSA) is 95.6 Å². The molecule has 0 fully saturated rings. The lowest BCUT2D eigenvalue weighted by Crippen LogP contribution is -2.19. The third kappa shape index (κ3) is 3.48. The van der Waals surface area contributed by atoms with Crippen LogP contribution in [0.15, 0.2) is 55.0 Å². The first kappa shape index (κ1) is 18.3. The summed E-state index contributed by atoms with van der Waals surface area (Å²) in [7, 11) is 4.03. The van der Waals surface area contributed by atoms with Crippen LogP contribution in [0.25, 0.3) is 44.7 Å². The van der Waals surface area contributed by atoms with Gasteiger partial charge in [-0.05, 0) is 50.5 Å². The van der Waals surface area contributed by atoms with Gasteiger partial charge in [0, 0.05) is 24.5 Å². The molecule has 0 spiro atoms. The highest BCUT2D eigenvalue weighted by Crippen LogP contribution is 2.29. The Balaban J connectivity index is 1.50. The van der Waals surface area contributed by atoms with Crippen molar-refractivity contribution in [3.8, 4) is 28.4 Å². The van der Waals surface area contributed by atoms with E-state index in [9.17, 15) is 0 Å². The molecule has 5 aromatic rings. The van der Waals surface area contributed by atoms with Crippen LogP contribution in [-0.4, -0.2) is 62.3 Å². The zero-order chi connectivity index (χ0) is 20.5. The molecule has 0 aliphatic carbocycles. The number of pyridine rings is 3. The number of hydrogen-bond acceptors (Lipinski definition) is 6. The summed E-state index contributed by atoms with van der Waals surface area (Å²) >= 11 is 0. The molecule has 0 saturated heterocycles. The van der Waals surface area contributed by atoms with E-state index in [1.54, 1.807) is 18.6 Å². The molecule has 0 aliphatic heterocycles. The molecule has 0 amide bonds. The van der Waals surface area contributed by atoms with E-state index in [0.29, 0.717) is 6.61 Å². The molecule has 8 heteroatoms. The number of aromatic amines is 2. The van der Waals surface area contributed by atoms with Gasteiger partial charge in [0.15, 0.2) is 0 Å². The monoisotopic (exact) mass is 399 g/mol. The first-order chi connectivity index (χ1) is 14.7. The summed E-state index contributed by atoms with van der Waals surface area (Å²) in [5.41, 5.74) is 6.85. The van der Waals surface area contributed by atoms with Gasteiger partial charge in [-0.25, -0.2) is 4.98 Å². The number of rotatable bonds is 6. The number of nitrogens with one attached hydrogen (secondary N) is 2. The van der Waals surface area contributed by atoms with Crippen LogP contribution in [0.2, 0.25) is 0 Å². The summed E-state index contributed by atoms with van der Waals surface area (Å²) in [6.07, 6.45) is 5.29. The van der Waals surface area contributed by atoms with Gasteiger partial charge in [0.2, 0.25) is 0 Å². The van der Waals surface area contributed by atoms with E-state index in [4.69, 9.17) is 9.72 Å². The van der Waals surface area contributed by atoms with E-state index in [1.807, 2.05) is 50.5 Å². The van der Waals surface area contributed by atoms with Gasteiger partial charge in [-0.2, -0.15) is 5.10 Å². The van der Waals surface area contributed by atoms with Crippen LogP contribution in [0.5, 0.6) is 5.75 Å². The average molecular weight is 399 g/mol. The molecule has 0 radical (unpaired) electrons. The zero-order valence-electron chi connectivity index (χ0n) is 16.8. The van der Waals surface area contributed by atoms with Crippen LogP contribution in [0, 0.1) is 0 Å². The van der Waals surface area contributed by atoms with Crippen molar-refractivity contribution in [2.24, 2.45) is 0 Å². The smallest absolute Gasteiger partial charge is 0.138 e. The molecule has 5 rings (SSSR count). The molecule has 5 aromatic heterocycles. The molecule has 0 atom stereocenters. The summed E-state index contributed by atoms with van der Waals surface area (Å²) in [4.78, 5) is 19.0. The number of likely N-dealkylation sites (N-methyl/N-ethyl adjacent to an activating group) is 1. The van der Waals surface area contributed by atoms with Gasteiger partial charge in [0.1, 0.15) is 23.6 Å². The van der Waals surface area contributed by atoms with Crippen LogP contribution >= 0.6 is 0 Å². The number of hydrogen-bond donors (Lipinski definition) is 2. The van der Waals surface area contributed by atoms with Gasteiger partial charge < -0.3 is 14.6 Å². The summed E-state index contributed by atoms with van der Waals surface area (Å²) in [6.45, 7) is 1.44. The fourth-order valence-corrected chi connectivity index (χ4v) is 3.32. The number of fused-ring (bicyclic) bond motifs is 2. The molecule has 2 N–H and O–H groups in total. The normalized spacial score (nSPS) is 11.6. The van der Waals surface area contributed by atoms with E-state index < -0.39 is 0 Å². The maximum atomic E-state index is 5.82. The summed E-state index contributed by atoms with van der Waals surface area (Å²) in [5, 5.41) is 7.54. The molecule has 8 nitrogen and oxygen atoms in total. The predicted octanol–water partition coefficient (Wildman–Crippen LogP) is 3.50. The molecule has 30 heavy (non-hydrogen) atoms. The highest BCUT2D eigenvalue weighted by Gasteiger charge is 2.14. The Morgan fingerprint density at radius 2 is 2.00 bits per heavy atom. The second-order valence-electron chi connectivity index (χ2n) is 7.35. The molecular formula is C22H21N7O. The second kappa shape index (κ2) is 7.57. The minimum Gasteiger partial charge on any atom is -0.491 e. The van der Waals surface area contributed by atoms with Crippen molar-refractivity contribution in [2.75, 3.05) is 27.2 Å². The second-order valence-corrected chi connectivity index (χ2v) is 7.35. The first-order valence-electron chi connectivity index (χ1n) is 9.69. The van der Waals surface area contributed by atoms with Crippen molar-refractivity contribution in [1.82, 2.24) is 35.0 Å². The molecule has 5 heterocycles. The van der Waals surface area contributed by atoms with Crippen molar-refractivity contribution >= 4 is 22.1 Å². The highest BCUT2D eigenvalue weighted by molar-refractivity contribution is 5.93. The predicted molar refractivity (Wildman–Crippen MR) is 116 cm³/mol. The Kier molecular flexibility index (Phi) is 4.61. The average Bonchev–Trinajstić information content (AvgIpc) is 3.37. The van der Waals surface area contributed by atoms with Gasteiger partial charge in [-0.1, -0.05) is 0 Å². The summed E-state index contributed by atoms with van der Waals surface area (Å²) in [5.74, 6) is 0.727. The first-order valence-corrected chi connectivity index (χ1v) is 9.69. The van der Waals surface area contributed by atoms with Crippen molar-refractivity contribution in [3.05, 3.63) is 55.0 Å². The number of ether oxygens (including phenoxy) is 1. The van der Waals surface area contributed by atoms with Crippen molar-refractivity contribution in [3.63, 3.8) is 0 Å². The number of H-pyrrole nitrogens is 2. The maximum Gasteiger partial charge on any atom is 0.138 e. The largest absolute Gasteiger partial charge is 0.491 e. The molecule has 0 saturated carbocycles. The molecule has 0 aliphatic rings. The van der Waals surface area contributed by atoms with Gasteiger partial charge in [-0.3, -0.25) is 15.1 Å². The van der Waals surface area contributed by atoms with E-state index in [-0.39, 0.29) is 0 Å². The van der Waals surface area contributed by atoms with E-state index in [2.05, 4.69) is 30.0 Å². The number of nitrogens with zero attached hydrogens (tertiary/aromatic N) is 5. The van der Waals surface area contributed by atoms with Crippen molar-refractivity contribution in [2.45, 2.75) is 0 Å². The van der Waals surface area contributed by atoms with Crippen molar-refractivity contribution < 1.29 is 4.74 Å². The highest BCUT2D eigenvalue weighted by atomic mass is 16.5. The lowest BCUT2D eigenvalue weighted by molar-refractivity contribution is 0.261. The maximum absolute atomic E-state index is 5.82. The van der Waals surface area contributed by atoms with Gasteiger partial charge in [-0.15, -0.1) is 0 Å². The Morgan fingerprint density at radius 1 is 1.07 bits per heavy atom. The summed E-state index contributed by atoms with van der Waals surface area (Å²) in [6, 6.07) is 11.8. The van der Waals surface area contributed by atoms with E-state index in [0.717, 1.165) is 57.0 Å². The fourth-order valence-electron chi connectivity index (χ4n) is 3.32. The number of aromatic nitrogens is 6. The quantitative estimate of drug-likeness (QED) is 0.454. The molecule has 0 unspecified atom stereocenters. The van der Waals surface area contributed by atoms with Gasteiger partial charge in [0.25, 0.3) is 0 Å². The molecule has 0 bridgehead atoms. The lowest BCUT2D eigenvalue weighted by Gasteiger charge is -2.11. The fraction of sp³-hybridized carbons (Fsp3) is 0.182. The van der Waals surface area contributed by atoms with Crippen LogP contribution < -0.4 is 4.74 Å². The SMILES string of the molecule is CN(C)CCOc1cncc(-c2ccc3[nH]nc(-c4cc5ncccc5[nH]4)c3n2)c1. The minimum absolute atomic E-state index is 0.602.